The van der Waals surface area contributed by atoms with Gasteiger partial charge in [0.25, 0.3) is 5.69 Å². The summed E-state index contributed by atoms with van der Waals surface area (Å²) in [5.41, 5.74) is 11.7. The quantitative estimate of drug-likeness (QED) is 0.0851. The van der Waals surface area contributed by atoms with Crippen LogP contribution in [0.4, 0.5) is 5.69 Å². The van der Waals surface area contributed by atoms with Gasteiger partial charge in [0.05, 0.1) is 23.0 Å². The van der Waals surface area contributed by atoms with Gasteiger partial charge in [-0.15, -0.1) is 0 Å². The number of nitrogens with zero attached hydrogens (tertiary/aromatic N) is 5. The molecule has 0 saturated carbocycles. The van der Waals surface area contributed by atoms with Gasteiger partial charge < -0.3 is 4.90 Å². The van der Waals surface area contributed by atoms with Crippen LogP contribution in [-0.2, 0) is 4.79 Å². The van der Waals surface area contributed by atoms with E-state index in [-0.39, 0.29) is 23.7 Å². The van der Waals surface area contributed by atoms with Crippen molar-refractivity contribution in [3.63, 3.8) is 0 Å². The van der Waals surface area contributed by atoms with Gasteiger partial charge in [-0.1, -0.05) is 93.8 Å². The predicted octanol–water partition coefficient (Wildman–Crippen LogP) is 6.81. The molecule has 1 fully saturated rings. The summed E-state index contributed by atoms with van der Waals surface area (Å²) in [5.74, 6) is -0.198. The van der Waals surface area contributed by atoms with Crippen molar-refractivity contribution in [3.8, 4) is 0 Å². The van der Waals surface area contributed by atoms with Crippen molar-refractivity contribution in [2.45, 2.75) is 35.8 Å². The summed E-state index contributed by atoms with van der Waals surface area (Å²) in [4.78, 5) is 28.5. The Labute approximate surface area is 205 Å². The zero-order chi connectivity index (χ0) is 24.1. The average Bonchev–Trinajstić information content (AvgIpc) is 3.33. The van der Waals surface area contributed by atoms with E-state index in [1.165, 1.54) is 24.3 Å². The van der Waals surface area contributed by atoms with E-state index < -0.39 is 15.8 Å². The molecule has 3 aromatic carbocycles. The number of rotatable bonds is 7. The second-order valence-corrected chi connectivity index (χ2v) is 9.06. The molecule has 0 spiro atoms. The standard InChI is InChI=1S/C25H22BrN5O3/c26-23(24(28-29-27)19-11-13-20(14-12-19)31(33)34)25(32)30-21(17-7-3-1-4-8-17)15-16-22(30)18-9-5-2-6-10-18/h1-14,21-24H,15-16H2/t21-,22-,23+,24+/m0/s1. The fraction of sp³-hybridized carbons (Fsp3) is 0.240. The first kappa shape index (κ1) is 23.5. The summed E-state index contributed by atoms with van der Waals surface area (Å²) in [6.07, 6.45) is 1.61. The fourth-order valence-electron chi connectivity index (χ4n) is 4.54. The number of carbonyl (C=O) groups is 1. The van der Waals surface area contributed by atoms with E-state index in [9.17, 15) is 20.4 Å². The van der Waals surface area contributed by atoms with Gasteiger partial charge in [0.15, 0.2) is 0 Å². The molecule has 0 aliphatic carbocycles. The van der Waals surface area contributed by atoms with Gasteiger partial charge in [0.1, 0.15) is 4.83 Å². The summed E-state index contributed by atoms with van der Waals surface area (Å²) >= 11 is 3.52. The Morgan fingerprint density at radius 1 is 0.971 bits per heavy atom. The van der Waals surface area contributed by atoms with Gasteiger partial charge in [0, 0.05) is 17.0 Å². The molecule has 9 heteroatoms. The number of likely N-dealkylation sites (tertiary alicyclic amines) is 1. The molecule has 1 saturated heterocycles. The lowest BCUT2D eigenvalue weighted by Crippen LogP contribution is -2.40. The third-order valence-corrected chi connectivity index (χ3v) is 7.04. The Balaban J connectivity index is 1.70. The highest BCUT2D eigenvalue weighted by Crippen LogP contribution is 2.46. The molecular formula is C25H22BrN5O3. The number of nitro groups is 1. The van der Waals surface area contributed by atoms with Gasteiger partial charge in [-0.25, -0.2) is 0 Å². The molecule has 0 N–H and O–H groups in total. The lowest BCUT2D eigenvalue weighted by atomic mass is 10.0. The number of alkyl halides is 1. The zero-order valence-electron chi connectivity index (χ0n) is 18.1. The molecule has 1 aliphatic rings. The highest BCUT2D eigenvalue weighted by Gasteiger charge is 2.42. The molecule has 34 heavy (non-hydrogen) atoms. The lowest BCUT2D eigenvalue weighted by molar-refractivity contribution is -0.384. The largest absolute Gasteiger partial charge is 0.328 e. The van der Waals surface area contributed by atoms with Crippen LogP contribution in [0, 0.1) is 10.1 Å². The van der Waals surface area contributed by atoms with Crippen LogP contribution in [0.1, 0.15) is 47.7 Å². The monoisotopic (exact) mass is 519 g/mol. The van der Waals surface area contributed by atoms with Crippen molar-refractivity contribution in [1.29, 1.82) is 0 Å². The molecule has 0 aromatic heterocycles. The van der Waals surface area contributed by atoms with E-state index in [1.54, 1.807) is 0 Å². The first-order valence-corrected chi connectivity index (χ1v) is 11.8. The Hall–Kier alpha value is -3.68. The first-order valence-electron chi connectivity index (χ1n) is 10.9. The Morgan fingerprint density at radius 3 is 1.91 bits per heavy atom. The van der Waals surface area contributed by atoms with Gasteiger partial charge in [-0.3, -0.25) is 14.9 Å². The lowest BCUT2D eigenvalue weighted by Gasteiger charge is -2.34. The van der Waals surface area contributed by atoms with Gasteiger partial charge in [-0.2, -0.15) is 0 Å². The molecule has 1 aliphatic heterocycles. The normalized spacial score (nSPS) is 19.1. The minimum Gasteiger partial charge on any atom is -0.328 e. The van der Waals surface area contributed by atoms with E-state index in [0.29, 0.717) is 5.56 Å². The summed E-state index contributed by atoms with van der Waals surface area (Å²) in [7, 11) is 0. The minimum absolute atomic E-state index is 0.0753. The number of amides is 1. The molecule has 1 amide bonds. The number of nitro benzene ring substituents is 1. The predicted molar refractivity (Wildman–Crippen MR) is 132 cm³/mol. The number of carbonyl (C=O) groups excluding carboxylic acids is 1. The zero-order valence-corrected chi connectivity index (χ0v) is 19.7. The average molecular weight is 520 g/mol. The molecule has 172 valence electrons. The van der Waals surface area contributed by atoms with Crippen LogP contribution in [0.5, 0.6) is 0 Å². The van der Waals surface area contributed by atoms with Crippen LogP contribution < -0.4 is 0 Å². The SMILES string of the molecule is [N-]=[N+]=N[C@H](c1ccc([N+](=O)[O-])cc1)[C@@H](Br)C(=O)N1[C@H](c2ccccc2)CC[C@H]1c1ccccc1. The number of hydrogen-bond donors (Lipinski definition) is 0. The fourth-order valence-corrected chi connectivity index (χ4v) is 5.19. The molecule has 4 rings (SSSR count). The molecule has 0 unspecified atom stereocenters. The Bertz CT molecular complexity index is 1150. The second-order valence-electron chi connectivity index (χ2n) is 8.08. The Kier molecular flexibility index (Phi) is 7.25. The second kappa shape index (κ2) is 10.5. The number of non-ortho nitro benzene ring substituents is 1. The third kappa shape index (κ3) is 4.81. The van der Waals surface area contributed by atoms with E-state index in [4.69, 9.17) is 0 Å². The van der Waals surface area contributed by atoms with Crippen molar-refractivity contribution < 1.29 is 9.72 Å². The summed E-state index contributed by atoms with van der Waals surface area (Å²) in [5, 5.41) is 14.9. The van der Waals surface area contributed by atoms with Crippen LogP contribution in [-0.4, -0.2) is 20.6 Å². The number of halogens is 1. The molecule has 8 nitrogen and oxygen atoms in total. The van der Waals surface area contributed by atoms with Crippen molar-refractivity contribution >= 4 is 27.5 Å². The molecule has 3 aromatic rings. The van der Waals surface area contributed by atoms with E-state index >= 15 is 0 Å². The maximum Gasteiger partial charge on any atom is 0.269 e. The third-order valence-electron chi connectivity index (χ3n) is 6.14. The van der Waals surface area contributed by atoms with Gasteiger partial charge in [0.2, 0.25) is 5.91 Å². The number of benzene rings is 3. The number of azide groups is 1. The van der Waals surface area contributed by atoms with Crippen LogP contribution in [0.25, 0.3) is 10.4 Å². The maximum atomic E-state index is 14.0. The summed E-state index contributed by atoms with van der Waals surface area (Å²) in [6, 6.07) is 24.4. The van der Waals surface area contributed by atoms with Crippen molar-refractivity contribution in [1.82, 2.24) is 4.90 Å². The molecular weight excluding hydrogens is 498 g/mol. The van der Waals surface area contributed by atoms with E-state index in [2.05, 4.69) is 26.0 Å². The maximum absolute atomic E-state index is 14.0. The topological polar surface area (TPSA) is 112 Å². The van der Waals surface area contributed by atoms with Crippen molar-refractivity contribution in [2.75, 3.05) is 0 Å². The van der Waals surface area contributed by atoms with Crippen LogP contribution in [0.15, 0.2) is 90.0 Å². The highest BCUT2D eigenvalue weighted by atomic mass is 79.9. The van der Waals surface area contributed by atoms with Crippen LogP contribution >= 0.6 is 15.9 Å². The minimum atomic E-state index is -0.869. The van der Waals surface area contributed by atoms with Gasteiger partial charge >= 0.3 is 0 Å². The van der Waals surface area contributed by atoms with E-state index in [0.717, 1.165) is 24.0 Å². The van der Waals surface area contributed by atoms with Gasteiger partial charge in [-0.05, 0) is 35.1 Å². The first-order chi connectivity index (χ1) is 16.5. The van der Waals surface area contributed by atoms with Crippen LogP contribution in [0.3, 0.4) is 0 Å². The van der Waals surface area contributed by atoms with Crippen LogP contribution in [0.2, 0.25) is 0 Å². The number of hydrogen-bond acceptors (Lipinski definition) is 4. The molecule has 0 bridgehead atoms. The molecule has 1 heterocycles. The Morgan fingerprint density at radius 2 is 1.47 bits per heavy atom. The smallest absolute Gasteiger partial charge is 0.269 e. The molecule has 4 atom stereocenters. The van der Waals surface area contributed by atoms with Crippen molar-refractivity contribution in [2.24, 2.45) is 5.11 Å². The molecule has 0 radical (unpaired) electrons. The summed E-state index contributed by atoms with van der Waals surface area (Å²) < 4.78 is 0. The summed E-state index contributed by atoms with van der Waals surface area (Å²) in [6.45, 7) is 0. The van der Waals surface area contributed by atoms with Crippen molar-refractivity contribution in [3.05, 3.63) is 122 Å². The van der Waals surface area contributed by atoms with E-state index in [1.807, 2.05) is 65.6 Å². The highest BCUT2D eigenvalue weighted by molar-refractivity contribution is 9.10.